The molecule has 2 aromatic rings. The highest BCUT2D eigenvalue weighted by molar-refractivity contribution is 6.13. The third kappa shape index (κ3) is 4.99. The van der Waals surface area contributed by atoms with E-state index < -0.39 is 17.8 Å². The lowest BCUT2D eigenvalue weighted by Crippen LogP contribution is -2.21. The second-order valence-electron chi connectivity index (χ2n) is 8.73. The van der Waals surface area contributed by atoms with Gasteiger partial charge in [0.05, 0.1) is 22.4 Å². The second-order valence-corrected chi connectivity index (χ2v) is 8.73. The number of nitrogens with one attached hydrogen (secondary N) is 1. The maximum atomic E-state index is 12.9. The van der Waals surface area contributed by atoms with Crippen molar-refractivity contribution < 1.29 is 29.4 Å². The Morgan fingerprint density at radius 3 is 2.13 bits per heavy atom. The van der Waals surface area contributed by atoms with Crippen molar-refractivity contribution in [2.24, 2.45) is 5.41 Å². The van der Waals surface area contributed by atoms with Crippen LogP contribution in [-0.2, 0) is 0 Å². The summed E-state index contributed by atoms with van der Waals surface area (Å²) in [6.45, 7) is 4.46. The van der Waals surface area contributed by atoms with Gasteiger partial charge in [-0.3, -0.25) is 9.59 Å². The molecule has 3 rings (SSSR count). The van der Waals surface area contributed by atoms with Crippen molar-refractivity contribution in [2.45, 2.75) is 45.4 Å². The van der Waals surface area contributed by atoms with Crippen LogP contribution >= 0.6 is 0 Å². The van der Waals surface area contributed by atoms with Crippen molar-refractivity contribution in [2.75, 3.05) is 5.32 Å². The van der Waals surface area contributed by atoms with Crippen LogP contribution in [0.4, 0.5) is 5.69 Å². The average Bonchev–Trinajstić information content (AvgIpc) is 2.72. The first-order valence-electron chi connectivity index (χ1n) is 10.1. The molecule has 0 aromatic heterocycles. The molecule has 0 unspecified atom stereocenters. The number of hydrogen-bond acceptors (Lipinski definition) is 4. The molecule has 0 saturated heterocycles. The van der Waals surface area contributed by atoms with Crippen LogP contribution < -0.4 is 5.32 Å². The lowest BCUT2D eigenvalue weighted by atomic mass is 9.71. The van der Waals surface area contributed by atoms with Gasteiger partial charge >= 0.3 is 11.9 Å². The summed E-state index contributed by atoms with van der Waals surface area (Å²) >= 11 is 0. The minimum Gasteiger partial charge on any atom is -0.478 e. The fourth-order valence-electron chi connectivity index (χ4n) is 4.04. The van der Waals surface area contributed by atoms with Gasteiger partial charge < -0.3 is 15.5 Å². The Bertz CT molecular complexity index is 1050. The summed E-state index contributed by atoms with van der Waals surface area (Å²) in [6.07, 6.45) is 4.56. The van der Waals surface area contributed by atoms with Crippen molar-refractivity contribution in [1.29, 1.82) is 0 Å². The van der Waals surface area contributed by atoms with Crippen LogP contribution in [0.2, 0.25) is 0 Å². The molecule has 31 heavy (non-hydrogen) atoms. The van der Waals surface area contributed by atoms with Crippen molar-refractivity contribution in [1.82, 2.24) is 0 Å². The molecule has 1 aliphatic carbocycles. The first-order chi connectivity index (χ1) is 14.6. The first kappa shape index (κ1) is 22.2. The number of amides is 1. The minimum atomic E-state index is -1.32. The highest BCUT2D eigenvalue weighted by Crippen LogP contribution is 2.43. The second kappa shape index (κ2) is 8.71. The van der Waals surface area contributed by atoms with Crippen LogP contribution in [-0.4, -0.2) is 34.3 Å². The summed E-state index contributed by atoms with van der Waals surface area (Å²) in [4.78, 5) is 47.1. The zero-order chi connectivity index (χ0) is 22.8. The lowest BCUT2D eigenvalue weighted by molar-refractivity contribution is 0.0684. The third-order valence-corrected chi connectivity index (χ3v) is 5.99. The molecular weight excluding hydrogens is 398 g/mol. The van der Waals surface area contributed by atoms with E-state index in [2.05, 4.69) is 19.2 Å². The van der Waals surface area contributed by atoms with E-state index in [1.54, 1.807) is 12.1 Å². The molecule has 3 N–H and O–H groups in total. The standard InChI is InChI=1S/C24H25NO6/c1-24(2)9-7-15(8-10-24)16-4-6-18(23(30)31)20(12-16)25-21(27)19-11-14(13-26)3-5-17(19)22(28)29/h3-6,11-13,15H,7-10H2,1-2H3,(H,25,27)(H,28,29)(H,30,31). The van der Waals surface area contributed by atoms with Crippen LogP contribution in [0.15, 0.2) is 36.4 Å². The molecule has 1 fully saturated rings. The van der Waals surface area contributed by atoms with E-state index in [0.717, 1.165) is 31.2 Å². The number of carboxylic acids is 2. The van der Waals surface area contributed by atoms with Gasteiger partial charge in [0, 0.05) is 5.56 Å². The normalized spacial score (nSPS) is 15.8. The van der Waals surface area contributed by atoms with E-state index in [-0.39, 0.29) is 39.3 Å². The molecule has 162 valence electrons. The molecule has 7 nitrogen and oxygen atoms in total. The van der Waals surface area contributed by atoms with Crippen LogP contribution in [0, 0.1) is 5.41 Å². The predicted molar refractivity (Wildman–Crippen MR) is 115 cm³/mol. The first-order valence-corrected chi connectivity index (χ1v) is 10.1. The Balaban J connectivity index is 1.95. The van der Waals surface area contributed by atoms with Gasteiger partial charge in [-0.1, -0.05) is 26.0 Å². The van der Waals surface area contributed by atoms with Gasteiger partial charge in [-0.2, -0.15) is 0 Å². The van der Waals surface area contributed by atoms with E-state index in [0.29, 0.717) is 6.29 Å². The van der Waals surface area contributed by atoms with E-state index in [9.17, 15) is 29.4 Å². The average molecular weight is 423 g/mol. The number of hydrogen-bond donors (Lipinski definition) is 3. The van der Waals surface area contributed by atoms with E-state index in [1.165, 1.54) is 24.3 Å². The van der Waals surface area contributed by atoms with Gasteiger partial charge in [0.15, 0.2) is 0 Å². The topological polar surface area (TPSA) is 121 Å². The molecule has 1 saturated carbocycles. The fourth-order valence-corrected chi connectivity index (χ4v) is 4.04. The molecule has 0 radical (unpaired) electrons. The van der Waals surface area contributed by atoms with Crippen LogP contribution in [0.25, 0.3) is 0 Å². The fraction of sp³-hybridized carbons (Fsp3) is 0.333. The number of carbonyl (C=O) groups is 4. The van der Waals surface area contributed by atoms with E-state index in [1.807, 2.05) is 0 Å². The molecule has 1 aliphatic rings. The van der Waals surface area contributed by atoms with Crippen LogP contribution in [0.5, 0.6) is 0 Å². The van der Waals surface area contributed by atoms with Gasteiger partial charge in [0.2, 0.25) is 0 Å². The number of aldehydes is 1. The Morgan fingerprint density at radius 1 is 0.935 bits per heavy atom. The molecule has 7 heteroatoms. The highest BCUT2D eigenvalue weighted by atomic mass is 16.4. The maximum Gasteiger partial charge on any atom is 0.337 e. The quantitative estimate of drug-likeness (QED) is 0.572. The molecule has 0 atom stereocenters. The SMILES string of the molecule is CC1(C)CCC(c2ccc(C(=O)O)c(NC(=O)c3cc(C=O)ccc3C(=O)O)c2)CC1. The monoisotopic (exact) mass is 423 g/mol. The largest absolute Gasteiger partial charge is 0.478 e. The summed E-state index contributed by atoms with van der Waals surface area (Å²) in [6, 6.07) is 8.57. The van der Waals surface area contributed by atoms with Crippen LogP contribution in [0.3, 0.4) is 0 Å². The molecule has 0 heterocycles. The summed E-state index contributed by atoms with van der Waals surface area (Å²) in [5, 5.41) is 21.5. The third-order valence-electron chi connectivity index (χ3n) is 5.99. The zero-order valence-electron chi connectivity index (χ0n) is 17.5. The smallest absolute Gasteiger partial charge is 0.337 e. The number of carboxylic acid groups (broad SMARTS) is 2. The molecule has 0 aliphatic heterocycles. The molecule has 2 aromatic carbocycles. The van der Waals surface area contributed by atoms with Crippen molar-refractivity contribution >= 4 is 29.8 Å². The zero-order valence-corrected chi connectivity index (χ0v) is 17.5. The molecule has 1 amide bonds. The number of anilines is 1. The summed E-state index contributed by atoms with van der Waals surface area (Å²) in [7, 11) is 0. The molecular formula is C24H25NO6. The van der Waals surface area contributed by atoms with Gasteiger partial charge in [0.1, 0.15) is 6.29 Å². The van der Waals surface area contributed by atoms with E-state index in [4.69, 9.17) is 0 Å². The van der Waals surface area contributed by atoms with Crippen molar-refractivity contribution in [3.05, 3.63) is 64.2 Å². The molecule has 0 spiro atoms. The Morgan fingerprint density at radius 2 is 1.55 bits per heavy atom. The number of aromatic carboxylic acids is 2. The van der Waals surface area contributed by atoms with Gasteiger partial charge in [-0.25, -0.2) is 9.59 Å². The summed E-state index contributed by atoms with van der Waals surface area (Å²) in [5.41, 5.74) is 0.905. The van der Waals surface area contributed by atoms with Crippen molar-refractivity contribution in [3.63, 3.8) is 0 Å². The lowest BCUT2D eigenvalue weighted by Gasteiger charge is -2.34. The highest BCUT2D eigenvalue weighted by Gasteiger charge is 2.28. The van der Waals surface area contributed by atoms with Gasteiger partial charge in [-0.05, 0) is 66.8 Å². The Kier molecular flexibility index (Phi) is 6.24. The number of rotatable bonds is 6. The van der Waals surface area contributed by atoms with E-state index >= 15 is 0 Å². The van der Waals surface area contributed by atoms with Crippen molar-refractivity contribution in [3.8, 4) is 0 Å². The minimum absolute atomic E-state index is 0.0864. The van der Waals surface area contributed by atoms with Gasteiger partial charge in [-0.15, -0.1) is 0 Å². The van der Waals surface area contributed by atoms with Gasteiger partial charge in [0.25, 0.3) is 5.91 Å². The Labute approximate surface area is 180 Å². The summed E-state index contributed by atoms with van der Waals surface area (Å²) in [5.74, 6) is -3.05. The number of benzene rings is 2. The van der Waals surface area contributed by atoms with Crippen LogP contribution in [0.1, 0.15) is 92.4 Å². The maximum absolute atomic E-state index is 12.9. The Hall–Kier alpha value is -3.48. The summed E-state index contributed by atoms with van der Waals surface area (Å²) < 4.78 is 0. The molecule has 0 bridgehead atoms. The number of carbonyl (C=O) groups excluding carboxylic acids is 2. The predicted octanol–water partition coefficient (Wildman–Crippen LogP) is 4.83.